The Labute approximate surface area is 155 Å². The van der Waals surface area contributed by atoms with E-state index < -0.39 is 0 Å². The number of imidazole rings is 1. The summed E-state index contributed by atoms with van der Waals surface area (Å²) in [5, 5.41) is 0.779. The number of H-pyrrole nitrogens is 1. The second-order valence-corrected chi connectivity index (χ2v) is 6.42. The molecule has 0 atom stereocenters. The summed E-state index contributed by atoms with van der Waals surface area (Å²) in [6.45, 7) is 2.57. The van der Waals surface area contributed by atoms with Gasteiger partial charge in [-0.05, 0) is 37.6 Å². The second kappa shape index (κ2) is 7.07. The smallest absolute Gasteiger partial charge is 0.338 e. The maximum atomic E-state index is 12.5. The Morgan fingerprint density at radius 3 is 2.81 bits per heavy atom. The first-order valence-electron chi connectivity index (χ1n) is 8.84. The van der Waals surface area contributed by atoms with Crippen LogP contribution in [-0.2, 0) is 11.3 Å². The first kappa shape index (κ1) is 17.0. The quantitative estimate of drug-likeness (QED) is 0.436. The molecule has 2 aromatic heterocycles. The van der Waals surface area contributed by atoms with Gasteiger partial charge in [-0.1, -0.05) is 30.3 Å². The number of rotatable bonds is 5. The summed E-state index contributed by atoms with van der Waals surface area (Å²) in [4.78, 5) is 31.9. The fourth-order valence-corrected chi connectivity index (χ4v) is 3.27. The number of nitrogens with zero attached hydrogens (tertiary/aromatic N) is 2. The highest BCUT2D eigenvalue weighted by molar-refractivity contribution is 6.03. The van der Waals surface area contributed by atoms with Crippen molar-refractivity contribution in [2.75, 3.05) is 6.61 Å². The van der Waals surface area contributed by atoms with Crippen LogP contribution in [0.15, 0.2) is 59.4 Å². The number of para-hydroxylation sites is 3. The van der Waals surface area contributed by atoms with Gasteiger partial charge in [0.1, 0.15) is 0 Å². The summed E-state index contributed by atoms with van der Waals surface area (Å²) in [6.07, 6.45) is 0.551. The van der Waals surface area contributed by atoms with E-state index in [9.17, 15) is 9.59 Å². The van der Waals surface area contributed by atoms with Crippen molar-refractivity contribution in [1.82, 2.24) is 14.5 Å². The molecule has 4 aromatic rings. The van der Waals surface area contributed by atoms with Gasteiger partial charge in [0.05, 0.1) is 28.7 Å². The Morgan fingerprint density at radius 1 is 1.15 bits per heavy atom. The zero-order valence-corrected chi connectivity index (χ0v) is 14.9. The standard InChI is InChI=1S/C21H19N3O3/c1-14-13-16(15-7-2-3-8-17(15)22-14)20(25)27-12-6-11-24-19-10-5-4-9-18(19)23-21(24)26/h2-5,7-10,13H,6,11-12H2,1H3,(H,23,26). The molecule has 1 N–H and O–H groups in total. The van der Waals surface area contributed by atoms with Crippen molar-refractivity contribution in [1.29, 1.82) is 0 Å². The highest BCUT2D eigenvalue weighted by Gasteiger charge is 2.13. The summed E-state index contributed by atoms with van der Waals surface area (Å²) >= 11 is 0. The van der Waals surface area contributed by atoms with Crippen LogP contribution >= 0.6 is 0 Å². The summed E-state index contributed by atoms with van der Waals surface area (Å²) in [5.74, 6) is -0.372. The molecule has 0 aliphatic rings. The minimum absolute atomic E-state index is 0.154. The van der Waals surface area contributed by atoms with E-state index in [0.717, 1.165) is 27.6 Å². The molecule has 0 bridgehead atoms. The van der Waals surface area contributed by atoms with E-state index in [-0.39, 0.29) is 18.3 Å². The Hall–Kier alpha value is -3.41. The predicted octanol–water partition coefficient (Wildman–Crippen LogP) is 3.43. The van der Waals surface area contributed by atoms with E-state index in [0.29, 0.717) is 18.5 Å². The highest BCUT2D eigenvalue weighted by atomic mass is 16.5. The van der Waals surface area contributed by atoms with Crippen LogP contribution in [0.3, 0.4) is 0 Å². The second-order valence-electron chi connectivity index (χ2n) is 6.42. The molecule has 136 valence electrons. The molecule has 0 amide bonds. The Bertz CT molecular complexity index is 1190. The van der Waals surface area contributed by atoms with Gasteiger partial charge in [0.15, 0.2) is 0 Å². The van der Waals surface area contributed by atoms with Crippen molar-refractivity contribution in [3.63, 3.8) is 0 Å². The third kappa shape index (κ3) is 3.33. The van der Waals surface area contributed by atoms with Gasteiger partial charge in [0.25, 0.3) is 0 Å². The lowest BCUT2D eigenvalue weighted by atomic mass is 10.1. The van der Waals surface area contributed by atoms with E-state index in [2.05, 4.69) is 9.97 Å². The maximum Gasteiger partial charge on any atom is 0.338 e. The van der Waals surface area contributed by atoms with Crippen LogP contribution in [0.1, 0.15) is 22.5 Å². The van der Waals surface area contributed by atoms with Crippen LogP contribution in [0, 0.1) is 6.92 Å². The SMILES string of the molecule is Cc1cc(C(=O)OCCCn2c(=O)[nH]c3ccccc32)c2ccccc2n1. The Balaban J connectivity index is 1.45. The van der Waals surface area contributed by atoms with Crippen molar-refractivity contribution in [3.8, 4) is 0 Å². The number of hydrogen-bond donors (Lipinski definition) is 1. The van der Waals surface area contributed by atoms with Crippen LogP contribution in [0.2, 0.25) is 0 Å². The molecular weight excluding hydrogens is 342 g/mol. The molecule has 27 heavy (non-hydrogen) atoms. The van der Waals surface area contributed by atoms with Crippen LogP contribution < -0.4 is 5.69 Å². The molecule has 6 heteroatoms. The van der Waals surface area contributed by atoms with Crippen molar-refractivity contribution < 1.29 is 9.53 Å². The summed E-state index contributed by atoms with van der Waals surface area (Å²) in [5.41, 5.74) is 3.56. The molecule has 0 saturated carbocycles. The number of aromatic amines is 1. The van der Waals surface area contributed by atoms with Gasteiger partial charge in [-0.25, -0.2) is 9.59 Å². The van der Waals surface area contributed by atoms with Crippen LogP contribution in [-0.4, -0.2) is 27.1 Å². The minimum Gasteiger partial charge on any atom is -0.462 e. The normalized spacial score (nSPS) is 11.1. The molecule has 0 fully saturated rings. The van der Waals surface area contributed by atoms with Gasteiger partial charge in [-0.3, -0.25) is 9.55 Å². The van der Waals surface area contributed by atoms with Gasteiger partial charge in [-0.15, -0.1) is 0 Å². The third-order valence-electron chi connectivity index (χ3n) is 4.50. The lowest BCUT2D eigenvalue weighted by molar-refractivity contribution is 0.0498. The van der Waals surface area contributed by atoms with Gasteiger partial charge in [-0.2, -0.15) is 0 Å². The molecular formula is C21H19N3O3. The highest BCUT2D eigenvalue weighted by Crippen LogP contribution is 2.19. The number of pyridine rings is 1. The van der Waals surface area contributed by atoms with E-state index >= 15 is 0 Å². The third-order valence-corrected chi connectivity index (χ3v) is 4.50. The summed E-state index contributed by atoms with van der Waals surface area (Å²) in [7, 11) is 0. The van der Waals surface area contributed by atoms with E-state index in [1.807, 2.05) is 55.5 Å². The molecule has 2 aromatic carbocycles. The topological polar surface area (TPSA) is 77.0 Å². The van der Waals surface area contributed by atoms with Crippen molar-refractivity contribution in [2.24, 2.45) is 0 Å². The number of carbonyl (C=O) groups is 1. The minimum atomic E-state index is -0.372. The fraction of sp³-hybridized carbons (Fsp3) is 0.190. The molecule has 0 unspecified atom stereocenters. The number of ether oxygens (including phenoxy) is 1. The molecule has 0 radical (unpaired) electrons. The molecule has 2 heterocycles. The number of aromatic nitrogens is 3. The molecule has 4 rings (SSSR count). The monoisotopic (exact) mass is 361 g/mol. The molecule has 6 nitrogen and oxygen atoms in total. The maximum absolute atomic E-state index is 12.5. The number of benzene rings is 2. The average Bonchev–Trinajstić information content (AvgIpc) is 2.99. The van der Waals surface area contributed by atoms with Crippen molar-refractivity contribution in [2.45, 2.75) is 19.9 Å². The van der Waals surface area contributed by atoms with Crippen LogP contribution in [0.5, 0.6) is 0 Å². The molecule has 0 saturated heterocycles. The zero-order valence-electron chi connectivity index (χ0n) is 14.9. The van der Waals surface area contributed by atoms with Gasteiger partial charge < -0.3 is 9.72 Å². The number of hydrogen-bond acceptors (Lipinski definition) is 4. The van der Waals surface area contributed by atoms with Crippen molar-refractivity contribution in [3.05, 3.63) is 76.3 Å². The summed E-state index contributed by atoms with van der Waals surface area (Å²) in [6, 6.07) is 16.8. The number of aryl methyl sites for hydroxylation is 2. The van der Waals surface area contributed by atoms with E-state index in [1.165, 1.54) is 0 Å². The van der Waals surface area contributed by atoms with E-state index in [4.69, 9.17) is 4.74 Å². The van der Waals surface area contributed by atoms with Gasteiger partial charge in [0.2, 0.25) is 0 Å². The molecule has 0 aliphatic heterocycles. The van der Waals surface area contributed by atoms with Crippen LogP contribution in [0.25, 0.3) is 21.9 Å². The van der Waals surface area contributed by atoms with Gasteiger partial charge >= 0.3 is 11.7 Å². The predicted molar refractivity (Wildman–Crippen MR) is 104 cm³/mol. The number of esters is 1. The number of nitrogens with one attached hydrogen (secondary N) is 1. The first-order chi connectivity index (χ1) is 13.1. The Morgan fingerprint density at radius 2 is 1.93 bits per heavy atom. The molecule has 0 spiro atoms. The largest absolute Gasteiger partial charge is 0.462 e. The van der Waals surface area contributed by atoms with Gasteiger partial charge in [0, 0.05) is 17.6 Å². The van der Waals surface area contributed by atoms with Crippen LogP contribution in [0.4, 0.5) is 0 Å². The number of carbonyl (C=O) groups excluding carboxylic acids is 1. The van der Waals surface area contributed by atoms with Crippen molar-refractivity contribution >= 4 is 27.9 Å². The zero-order chi connectivity index (χ0) is 18.8. The lowest BCUT2D eigenvalue weighted by Gasteiger charge is -2.09. The van der Waals surface area contributed by atoms with E-state index in [1.54, 1.807) is 10.6 Å². The Kier molecular flexibility index (Phi) is 4.46. The lowest BCUT2D eigenvalue weighted by Crippen LogP contribution is -2.18. The molecule has 0 aliphatic carbocycles. The first-order valence-corrected chi connectivity index (χ1v) is 8.84. The summed E-state index contributed by atoms with van der Waals surface area (Å²) < 4.78 is 7.11. The number of fused-ring (bicyclic) bond motifs is 2. The average molecular weight is 361 g/mol. The fourth-order valence-electron chi connectivity index (χ4n) is 3.27.